The summed E-state index contributed by atoms with van der Waals surface area (Å²) in [6.07, 6.45) is 2.02. The normalized spacial score (nSPS) is 16.5. The number of carbonyl (C=O) groups is 2. The number of hydrogen-bond donors (Lipinski definition) is 3. The summed E-state index contributed by atoms with van der Waals surface area (Å²) < 4.78 is 15.0. The number of aliphatic hydroxyl groups excluding tert-OH is 1. The van der Waals surface area contributed by atoms with E-state index < -0.39 is 17.8 Å². The molecular weight excluding hydrogens is 459 g/mol. The van der Waals surface area contributed by atoms with Crippen molar-refractivity contribution >= 4 is 29.2 Å². The summed E-state index contributed by atoms with van der Waals surface area (Å²) in [6.45, 7) is 0.204. The van der Waals surface area contributed by atoms with Crippen LogP contribution < -0.4 is 11.1 Å². The minimum Gasteiger partial charge on any atom is -0.394 e. The molecule has 1 aliphatic heterocycles. The maximum atomic E-state index is 15.0. The fourth-order valence-electron chi connectivity index (χ4n) is 4.09. The van der Waals surface area contributed by atoms with E-state index in [1.54, 1.807) is 48.5 Å². The first-order valence-corrected chi connectivity index (χ1v) is 11.1. The van der Waals surface area contributed by atoms with Crippen molar-refractivity contribution in [3.05, 3.63) is 82.3 Å². The minimum absolute atomic E-state index is 0.0128. The Balaban J connectivity index is 1.57. The van der Waals surface area contributed by atoms with Gasteiger partial charge in [0.1, 0.15) is 11.6 Å². The molecule has 0 radical (unpaired) electrons. The molecule has 0 spiro atoms. The van der Waals surface area contributed by atoms with Gasteiger partial charge in [0.05, 0.1) is 18.2 Å². The van der Waals surface area contributed by atoms with Crippen molar-refractivity contribution in [1.82, 2.24) is 15.2 Å². The lowest BCUT2D eigenvalue weighted by Crippen LogP contribution is -2.31. The van der Waals surface area contributed by atoms with Crippen molar-refractivity contribution in [3.8, 4) is 11.1 Å². The molecule has 2 heterocycles. The van der Waals surface area contributed by atoms with Gasteiger partial charge in [0.25, 0.3) is 5.91 Å². The highest BCUT2D eigenvalue weighted by atomic mass is 35.5. The number of pyridine rings is 1. The number of hydrogen-bond acceptors (Lipinski definition) is 5. The number of anilines is 1. The summed E-state index contributed by atoms with van der Waals surface area (Å²) in [5.74, 6) is -1.14. The second-order valence-electron chi connectivity index (χ2n) is 8.34. The molecule has 176 valence electrons. The van der Waals surface area contributed by atoms with Gasteiger partial charge in [-0.3, -0.25) is 9.59 Å². The largest absolute Gasteiger partial charge is 0.394 e. The van der Waals surface area contributed by atoms with E-state index in [1.165, 1.54) is 12.1 Å². The zero-order valence-electron chi connectivity index (χ0n) is 18.5. The number of aliphatic hydroxyl groups is 1. The third-order valence-corrected chi connectivity index (χ3v) is 6.25. The van der Waals surface area contributed by atoms with Crippen LogP contribution in [0.3, 0.4) is 0 Å². The minimum atomic E-state index is -0.742. The fourth-order valence-corrected chi connectivity index (χ4v) is 4.29. The molecule has 9 heteroatoms. The van der Waals surface area contributed by atoms with E-state index >= 15 is 0 Å². The quantitative estimate of drug-likeness (QED) is 0.498. The Morgan fingerprint density at radius 1 is 1.32 bits per heavy atom. The molecule has 1 saturated heterocycles. The number of benzene rings is 2. The summed E-state index contributed by atoms with van der Waals surface area (Å²) in [5.41, 5.74) is 8.32. The maximum absolute atomic E-state index is 15.0. The van der Waals surface area contributed by atoms with Gasteiger partial charge >= 0.3 is 0 Å². The first-order valence-electron chi connectivity index (χ1n) is 10.7. The Morgan fingerprint density at radius 2 is 2.12 bits per heavy atom. The van der Waals surface area contributed by atoms with Gasteiger partial charge in [-0.1, -0.05) is 29.8 Å². The van der Waals surface area contributed by atoms with E-state index in [9.17, 15) is 19.1 Å². The second-order valence-corrected chi connectivity index (χ2v) is 8.77. The van der Waals surface area contributed by atoms with E-state index in [-0.39, 0.29) is 29.8 Å². The monoisotopic (exact) mass is 482 g/mol. The van der Waals surface area contributed by atoms with Gasteiger partial charge in [-0.05, 0) is 47.0 Å². The van der Waals surface area contributed by atoms with Crippen molar-refractivity contribution in [3.63, 3.8) is 0 Å². The van der Waals surface area contributed by atoms with Gasteiger partial charge in [0, 0.05) is 42.7 Å². The van der Waals surface area contributed by atoms with Gasteiger partial charge < -0.3 is 21.1 Å². The standard InChI is InChI=1S/C25H24ClFN4O3/c1-31-12-17(10-23(31)33)16-8-20(24(28)29-11-16)14-5-6-19(21(27)9-14)25(34)30-22(13-32)15-3-2-4-18(26)7-15/h2-9,11,17,22,32H,10,12-13H2,1H3,(H2,28,29)(H,30,34). The number of aromatic nitrogens is 1. The van der Waals surface area contributed by atoms with Gasteiger partial charge in [-0.15, -0.1) is 0 Å². The molecule has 4 rings (SSSR count). The SMILES string of the molecule is CN1CC(c2cnc(N)c(-c3ccc(C(=O)NC(CO)c4cccc(Cl)c4)c(F)c3)c2)CC1=O. The molecule has 34 heavy (non-hydrogen) atoms. The summed E-state index contributed by atoms with van der Waals surface area (Å²) in [6, 6.07) is 12.0. The van der Waals surface area contributed by atoms with E-state index in [4.69, 9.17) is 17.3 Å². The molecule has 2 amide bonds. The van der Waals surface area contributed by atoms with E-state index in [2.05, 4.69) is 10.3 Å². The Labute approximate surface area is 201 Å². The highest BCUT2D eigenvalue weighted by Gasteiger charge is 2.29. The smallest absolute Gasteiger partial charge is 0.254 e. The lowest BCUT2D eigenvalue weighted by Gasteiger charge is -2.18. The summed E-state index contributed by atoms with van der Waals surface area (Å²) in [4.78, 5) is 30.5. The number of nitrogen functional groups attached to an aromatic ring is 1. The molecule has 2 unspecified atom stereocenters. The van der Waals surface area contributed by atoms with Crippen LogP contribution in [-0.4, -0.2) is 47.0 Å². The van der Waals surface area contributed by atoms with Crippen LogP contribution in [0.15, 0.2) is 54.7 Å². The van der Waals surface area contributed by atoms with Gasteiger partial charge in [-0.2, -0.15) is 0 Å². The number of rotatable bonds is 6. The Morgan fingerprint density at radius 3 is 2.76 bits per heavy atom. The molecule has 1 aliphatic rings. The first kappa shape index (κ1) is 23.7. The average molecular weight is 483 g/mol. The zero-order valence-corrected chi connectivity index (χ0v) is 19.2. The van der Waals surface area contributed by atoms with Crippen molar-refractivity contribution in [1.29, 1.82) is 0 Å². The lowest BCUT2D eigenvalue weighted by molar-refractivity contribution is -0.126. The van der Waals surface area contributed by atoms with Crippen LogP contribution in [0.25, 0.3) is 11.1 Å². The van der Waals surface area contributed by atoms with E-state index in [0.717, 1.165) is 5.56 Å². The molecule has 1 aromatic heterocycles. The molecule has 0 saturated carbocycles. The van der Waals surface area contributed by atoms with Crippen LogP contribution in [0, 0.1) is 5.82 Å². The number of amides is 2. The highest BCUT2D eigenvalue weighted by Crippen LogP contribution is 2.33. The predicted octanol–water partition coefficient (Wildman–Crippen LogP) is 3.53. The molecule has 3 aromatic rings. The van der Waals surface area contributed by atoms with E-state index in [0.29, 0.717) is 34.7 Å². The van der Waals surface area contributed by atoms with Crippen LogP contribution in [0.5, 0.6) is 0 Å². The summed E-state index contributed by atoms with van der Waals surface area (Å²) >= 11 is 5.99. The summed E-state index contributed by atoms with van der Waals surface area (Å²) in [5, 5.41) is 12.8. The van der Waals surface area contributed by atoms with Crippen LogP contribution in [0.1, 0.15) is 39.9 Å². The van der Waals surface area contributed by atoms with Crippen LogP contribution in [-0.2, 0) is 4.79 Å². The fraction of sp³-hybridized carbons (Fsp3) is 0.240. The Kier molecular flexibility index (Phi) is 6.81. The average Bonchev–Trinajstić information content (AvgIpc) is 3.15. The topological polar surface area (TPSA) is 109 Å². The van der Waals surface area contributed by atoms with Crippen molar-refractivity contribution in [2.75, 3.05) is 25.9 Å². The molecule has 1 fully saturated rings. The Hall–Kier alpha value is -3.49. The molecule has 7 nitrogen and oxygen atoms in total. The molecule has 0 aliphatic carbocycles. The highest BCUT2D eigenvalue weighted by molar-refractivity contribution is 6.30. The zero-order chi connectivity index (χ0) is 24.4. The van der Waals surface area contributed by atoms with Gasteiger partial charge in [0.2, 0.25) is 5.91 Å². The number of likely N-dealkylation sites (N-methyl/N-ethyl adjacent to an activating group) is 1. The predicted molar refractivity (Wildman–Crippen MR) is 128 cm³/mol. The van der Waals surface area contributed by atoms with E-state index in [1.807, 2.05) is 6.07 Å². The molecular formula is C25H24ClFN4O3. The summed E-state index contributed by atoms with van der Waals surface area (Å²) in [7, 11) is 1.75. The third-order valence-electron chi connectivity index (χ3n) is 6.02. The lowest BCUT2D eigenvalue weighted by atomic mass is 9.95. The van der Waals surface area contributed by atoms with Gasteiger partial charge in [0.15, 0.2) is 0 Å². The van der Waals surface area contributed by atoms with Crippen molar-refractivity contribution in [2.45, 2.75) is 18.4 Å². The van der Waals surface area contributed by atoms with Crippen molar-refractivity contribution < 1.29 is 19.1 Å². The number of nitrogens with one attached hydrogen (secondary N) is 1. The van der Waals surface area contributed by atoms with Gasteiger partial charge in [-0.25, -0.2) is 9.37 Å². The molecule has 2 atom stereocenters. The van der Waals surface area contributed by atoms with Crippen LogP contribution >= 0.6 is 11.6 Å². The second kappa shape index (κ2) is 9.79. The van der Waals surface area contributed by atoms with Crippen LogP contribution in [0.4, 0.5) is 10.2 Å². The number of nitrogens with zero attached hydrogens (tertiary/aromatic N) is 2. The molecule has 4 N–H and O–H groups in total. The maximum Gasteiger partial charge on any atom is 0.254 e. The number of likely N-dealkylation sites (tertiary alicyclic amines) is 1. The van der Waals surface area contributed by atoms with Crippen LogP contribution in [0.2, 0.25) is 5.02 Å². The first-order chi connectivity index (χ1) is 16.3. The molecule has 0 bridgehead atoms. The third kappa shape index (κ3) is 4.88. The number of halogens is 2. The number of carbonyl (C=O) groups excluding carboxylic acids is 2. The Bertz CT molecular complexity index is 1250. The number of nitrogens with two attached hydrogens (primary N) is 1. The van der Waals surface area contributed by atoms with Crippen molar-refractivity contribution in [2.24, 2.45) is 0 Å². The molecule has 2 aromatic carbocycles.